The van der Waals surface area contributed by atoms with Gasteiger partial charge in [-0.15, -0.1) is 0 Å². The van der Waals surface area contributed by atoms with E-state index in [1.165, 1.54) is 16.8 Å². The number of carbonyl (C=O) groups is 1. The van der Waals surface area contributed by atoms with E-state index in [4.69, 9.17) is 4.74 Å². The van der Waals surface area contributed by atoms with Gasteiger partial charge in [-0.3, -0.25) is 0 Å². The fraction of sp³-hybridized carbons (Fsp3) is 0.316. The zero-order valence-electron chi connectivity index (χ0n) is 12.6. The second-order valence-electron chi connectivity index (χ2n) is 6.42. The minimum Gasteiger partial charge on any atom is -0.457 e. The average molecular weight is 310 g/mol. The Morgan fingerprint density at radius 2 is 1.91 bits per heavy atom. The van der Waals surface area contributed by atoms with Crippen LogP contribution in [0.5, 0.6) is 0 Å². The molecule has 118 valence electrons. The summed E-state index contributed by atoms with van der Waals surface area (Å²) in [6.07, 6.45) is 1.53. The summed E-state index contributed by atoms with van der Waals surface area (Å²) < 4.78 is 5.05. The highest BCUT2D eigenvalue weighted by Crippen LogP contribution is 2.38. The molecule has 2 bridgehead atoms. The molecule has 2 aromatic carbocycles. The number of fused-ring (bicyclic) bond motifs is 3. The van der Waals surface area contributed by atoms with Crippen LogP contribution in [0.15, 0.2) is 54.1 Å². The first-order chi connectivity index (χ1) is 11.0. The lowest BCUT2D eigenvalue weighted by Gasteiger charge is -2.26. The summed E-state index contributed by atoms with van der Waals surface area (Å²) in [4.78, 5) is 11.7. The number of carbonyl (C=O) groups excluding carboxylic acids is 1. The predicted octanol–water partition coefficient (Wildman–Crippen LogP) is 2.12. The van der Waals surface area contributed by atoms with Crippen LogP contribution < -0.4 is 0 Å². The fourth-order valence-corrected chi connectivity index (χ4v) is 3.50. The Morgan fingerprint density at radius 3 is 2.74 bits per heavy atom. The van der Waals surface area contributed by atoms with Crippen molar-refractivity contribution in [3.8, 4) is 0 Å². The number of aryl methyl sites for hydroxylation is 1. The third-order valence-corrected chi connectivity index (χ3v) is 4.80. The van der Waals surface area contributed by atoms with E-state index in [-0.39, 0.29) is 6.42 Å². The van der Waals surface area contributed by atoms with E-state index in [0.717, 1.165) is 12.0 Å². The van der Waals surface area contributed by atoms with Crippen LogP contribution >= 0.6 is 0 Å². The van der Waals surface area contributed by atoms with Crippen LogP contribution in [0.3, 0.4) is 0 Å². The summed E-state index contributed by atoms with van der Waals surface area (Å²) >= 11 is 0. The van der Waals surface area contributed by atoms with E-state index in [9.17, 15) is 15.0 Å². The van der Waals surface area contributed by atoms with E-state index < -0.39 is 23.8 Å². The van der Waals surface area contributed by atoms with Gasteiger partial charge in [0.25, 0.3) is 0 Å². The van der Waals surface area contributed by atoms with Gasteiger partial charge in [0.15, 0.2) is 5.60 Å². The lowest BCUT2D eigenvalue weighted by atomic mass is 9.83. The molecule has 4 nitrogen and oxygen atoms in total. The molecular weight excluding hydrogens is 292 g/mol. The minimum atomic E-state index is -1.55. The van der Waals surface area contributed by atoms with Crippen LogP contribution in [0.1, 0.15) is 18.4 Å². The van der Waals surface area contributed by atoms with Crippen molar-refractivity contribution < 1.29 is 19.7 Å². The number of hydrogen-bond acceptors (Lipinski definition) is 4. The third kappa shape index (κ3) is 2.44. The first-order valence-electron chi connectivity index (χ1n) is 7.86. The second-order valence-corrected chi connectivity index (χ2v) is 6.42. The predicted molar refractivity (Wildman–Crippen MR) is 85.8 cm³/mol. The van der Waals surface area contributed by atoms with Crippen molar-refractivity contribution in [2.24, 2.45) is 0 Å². The van der Waals surface area contributed by atoms with Gasteiger partial charge in [0.1, 0.15) is 12.2 Å². The monoisotopic (exact) mass is 310 g/mol. The van der Waals surface area contributed by atoms with Crippen LogP contribution in [0.2, 0.25) is 0 Å². The Hall–Kier alpha value is -2.17. The second kappa shape index (κ2) is 5.18. The van der Waals surface area contributed by atoms with Crippen molar-refractivity contribution in [1.29, 1.82) is 0 Å². The smallest absolute Gasteiger partial charge is 0.342 e. The van der Waals surface area contributed by atoms with Crippen molar-refractivity contribution >= 4 is 16.7 Å². The molecule has 0 amide bonds. The summed E-state index contributed by atoms with van der Waals surface area (Å²) in [6, 6.07) is 14.5. The number of rotatable bonds is 3. The topological polar surface area (TPSA) is 66.8 Å². The van der Waals surface area contributed by atoms with Gasteiger partial charge in [-0.1, -0.05) is 42.5 Å². The van der Waals surface area contributed by atoms with Gasteiger partial charge >= 0.3 is 5.97 Å². The Labute approximate surface area is 134 Å². The third-order valence-electron chi connectivity index (χ3n) is 4.80. The van der Waals surface area contributed by atoms with Crippen LogP contribution in [-0.4, -0.2) is 34.0 Å². The van der Waals surface area contributed by atoms with Crippen molar-refractivity contribution in [2.75, 3.05) is 0 Å². The summed E-state index contributed by atoms with van der Waals surface area (Å²) in [6.45, 7) is 0. The summed E-state index contributed by atoms with van der Waals surface area (Å²) in [5, 5.41) is 22.9. The van der Waals surface area contributed by atoms with E-state index in [2.05, 4.69) is 30.3 Å². The summed E-state index contributed by atoms with van der Waals surface area (Å²) in [5.41, 5.74) is 0.291. The fourth-order valence-electron chi connectivity index (χ4n) is 3.50. The van der Waals surface area contributed by atoms with Crippen LogP contribution in [0.25, 0.3) is 10.8 Å². The highest BCUT2D eigenvalue weighted by Gasteiger charge is 2.52. The SMILES string of the molecule is O=C1OC2CC1(O)C=C(CCc1ccc3ccccc3c1)C2O. The maximum atomic E-state index is 11.7. The molecule has 1 heterocycles. The molecule has 2 aromatic rings. The zero-order valence-corrected chi connectivity index (χ0v) is 12.6. The molecule has 4 heteroatoms. The lowest BCUT2D eigenvalue weighted by Crippen LogP contribution is -2.38. The molecule has 0 saturated carbocycles. The molecule has 1 aliphatic carbocycles. The molecule has 1 fully saturated rings. The quantitative estimate of drug-likeness (QED) is 0.673. The minimum absolute atomic E-state index is 0.145. The summed E-state index contributed by atoms with van der Waals surface area (Å²) in [7, 11) is 0. The molecule has 1 saturated heterocycles. The van der Waals surface area contributed by atoms with Gasteiger partial charge in [0.05, 0.1) is 0 Å². The number of hydrogen-bond donors (Lipinski definition) is 2. The van der Waals surface area contributed by atoms with E-state index in [1.54, 1.807) is 0 Å². The van der Waals surface area contributed by atoms with Gasteiger partial charge in [-0.05, 0) is 40.8 Å². The van der Waals surface area contributed by atoms with Gasteiger partial charge in [-0.2, -0.15) is 0 Å². The van der Waals surface area contributed by atoms with Crippen molar-refractivity contribution in [1.82, 2.24) is 0 Å². The van der Waals surface area contributed by atoms with Crippen molar-refractivity contribution in [2.45, 2.75) is 37.1 Å². The Balaban J connectivity index is 1.55. The molecule has 1 aliphatic heterocycles. The van der Waals surface area contributed by atoms with Crippen molar-refractivity contribution in [3.63, 3.8) is 0 Å². The zero-order chi connectivity index (χ0) is 16.0. The Kier molecular flexibility index (Phi) is 3.25. The van der Waals surface area contributed by atoms with Gasteiger partial charge in [0.2, 0.25) is 0 Å². The maximum absolute atomic E-state index is 11.7. The number of esters is 1. The molecule has 23 heavy (non-hydrogen) atoms. The molecule has 0 spiro atoms. The molecule has 2 N–H and O–H groups in total. The normalized spacial score (nSPS) is 29.5. The van der Waals surface area contributed by atoms with Crippen LogP contribution in [0, 0.1) is 0 Å². The molecule has 0 radical (unpaired) electrons. The molecule has 3 unspecified atom stereocenters. The molecular formula is C19H18O4. The molecule has 0 aromatic heterocycles. The number of ether oxygens (including phenoxy) is 1. The Morgan fingerprint density at radius 1 is 1.13 bits per heavy atom. The molecule has 3 atom stereocenters. The average Bonchev–Trinajstić information content (AvgIpc) is 2.81. The highest BCUT2D eigenvalue weighted by atomic mass is 16.6. The van der Waals surface area contributed by atoms with Gasteiger partial charge in [0, 0.05) is 6.42 Å². The Bertz CT molecular complexity index is 810. The van der Waals surface area contributed by atoms with E-state index in [0.29, 0.717) is 12.0 Å². The highest BCUT2D eigenvalue weighted by molar-refractivity contribution is 5.85. The number of aliphatic hydroxyl groups excluding tert-OH is 1. The van der Waals surface area contributed by atoms with E-state index in [1.807, 2.05) is 12.1 Å². The number of benzene rings is 2. The molecule has 2 aliphatic rings. The van der Waals surface area contributed by atoms with Gasteiger partial charge < -0.3 is 14.9 Å². The first-order valence-corrected chi connectivity index (χ1v) is 7.86. The van der Waals surface area contributed by atoms with Crippen molar-refractivity contribution in [3.05, 3.63) is 59.7 Å². The van der Waals surface area contributed by atoms with E-state index >= 15 is 0 Å². The standard InChI is InChI=1S/C19H18O4/c20-17-15(10-19(22)11-16(17)23-18(19)21)8-6-12-5-7-13-3-1-2-4-14(13)9-12/h1-5,7,9-10,16-17,20,22H,6,8,11H2. The summed E-state index contributed by atoms with van der Waals surface area (Å²) in [5.74, 6) is -0.651. The molecule has 4 rings (SSSR count). The lowest BCUT2D eigenvalue weighted by molar-refractivity contribution is -0.152. The van der Waals surface area contributed by atoms with Crippen LogP contribution in [-0.2, 0) is 16.0 Å². The van der Waals surface area contributed by atoms with Crippen LogP contribution in [0.4, 0.5) is 0 Å². The van der Waals surface area contributed by atoms with Gasteiger partial charge in [-0.25, -0.2) is 4.79 Å². The largest absolute Gasteiger partial charge is 0.457 e. The first kappa shape index (κ1) is 14.4. The maximum Gasteiger partial charge on any atom is 0.342 e. The number of aliphatic hydroxyl groups is 2.